The van der Waals surface area contributed by atoms with Crippen molar-refractivity contribution in [2.24, 2.45) is 0 Å². The van der Waals surface area contributed by atoms with Gasteiger partial charge in [-0.15, -0.1) is 32.8 Å². The zero-order chi connectivity index (χ0) is 36.4. The summed E-state index contributed by atoms with van der Waals surface area (Å²) in [4.78, 5) is 28.2. The van der Waals surface area contributed by atoms with Gasteiger partial charge in [-0.05, 0) is 76.7 Å². The second-order valence-corrected chi connectivity index (χ2v) is 12.1. The van der Waals surface area contributed by atoms with Crippen molar-refractivity contribution in [3.8, 4) is 23.8 Å². The molecule has 0 aliphatic carbocycles. The number of hydrogen-bond donors (Lipinski definition) is 0. The number of ether oxygens (including phenoxy) is 2. The van der Waals surface area contributed by atoms with Gasteiger partial charge in [0.25, 0.3) is 11.8 Å². The first kappa shape index (κ1) is 38.9. The van der Waals surface area contributed by atoms with Crippen LogP contribution in [0.15, 0.2) is 72.8 Å². The lowest BCUT2D eigenvalue weighted by atomic mass is 10.0. The number of fused-ring (bicyclic) bond motifs is 2. The van der Waals surface area contributed by atoms with Gasteiger partial charge in [0.1, 0.15) is 11.5 Å². The molecule has 0 N–H and O–H groups in total. The number of carbonyl (C=O) groups excluding carboxylic acids is 2. The van der Waals surface area contributed by atoms with Gasteiger partial charge in [0, 0.05) is 31.7 Å². The summed E-state index contributed by atoms with van der Waals surface area (Å²) in [5.74, 6) is 1.48. The number of amides is 2. The maximum Gasteiger partial charge on any atom is 0.573 e. The third kappa shape index (κ3) is 9.68. The summed E-state index contributed by atoms with van der Waals surface area (Å²) in [6.07, 6.45) is -3.27. The zero-order valence-electron chi connectivity index (χ0n) is 26.1. The smallest absolute Gasteiger partial charge is 0.406 e. The summed E-state index contributed by atoms with van der Waals surface area (Å²) < 4.78 is 80.7. The minimum atomic E-state index is -4.74. The van der Waals surface area contributed by atoms with Gasteiger partial charge in [0.15, 0.2) is 0 Å². The topological polar surface area (TPSA) is 59.1 Å². The minimum Gasteiger partial charge on any atom is -0.406 e. The average Bonchev–Trinajstić information content (AvgIpc) is 3.52. The molecule has 0 saturated heterocycles. The summed E-state index contributed by atoms with van der Waals surface area (Å²) in [6, 6.07) is 17.9. The van der Waals surface area contributed by atoms with Crippen molar-refractivity contribution in [2.75, 3.05) is 0 Å². The van der Waals surface area contributed by atoms with Crippen LogP contribution in [0.25, 0.3) is 0 Å². The molecule has 0 atom stereocenters. The fraction of sp³-hybridized carbons (Fsp3) is 0.243. The van der Waals surface area contributed by atoms with Gasteiger partial charge in [0.05, 0.1) is 21.2 Å². The van der Waals surface area contributed by atoms with E-state index in [1.165, 1.54) is 48.5 Å². The second-order valence-electron chi connectivity index (χ2n) is 11.3. The Morgan fingerprint density at radius 1 is 0.686 bits per heavy atom. The maximum atomic E-state index is 12.5. The third-order valence-electron chi connectivity index (χ3n) is 7.76. The SMILES string of the molecule is C.C#Cc1cc(Cl)c2c(c1)CN(Cc1ccc(OC(F)(F)F)cc1)C2=O.CCc1cc(Cl)c2c(c1)CN(Cc1ccc(OC(F)(F)F)cc1)C2=O. The Hall–Kier alpha value is -4.86. The zero-order valence-corrected chi connectivity index (χ0v) is 27.6. The van der Waals surface area contributed by atoms with Crippen LogP contribution in [-0.2, 0) is 32.6 Å². The molecule has 2 heterocycles. The van der Waals surface area contributed by atoms with E-state index in [1.54, 1.807) is 28.0 Å². The Morgan fingerprint density at radius 3 is 1.49 bits per heavy atom. The molecule has 4 aromatic rings. The van der Waals surface area contributed by atoms with Crippen LogP contribution in [0.3, 0.4) is 0 Å². The lowest BCUT2D eigenvalue weighted by Gasteiger charge is -2.16. The quantitative estimate of drug-likeness (QED) is 0.139. The summed E-state index contributed by atoms with van der Waals surface area (Å²) in [6.45, 7) is 3.31. The van der Waals surface area contributed by atoms with E-state index in [2.05, 4.69) is 15.4 Å². The highest BCUT2D eigenvalue weighted by atomic mass is 35.5. The highest BCUT2D eigenvalue weighted by Crippen LogP contribution is 2.34. The van der Waals surface area contributed by atoms with Crippen LogP contribution in [0.1, 0.15) is 68.4 Å². The number of carbonyl (C=O) groups is 2. The third-order valence-corrected chi connectivity index (χ3v) is 8.36. The molecule has 2 amide bonds. The minimum absolute atomic E-state index is 0. The van der Waals surface area contributed by atoms with Crippen molar-refractivity contribution in [3.63, 3.8) is 0 Å². The number of rotatable bonds is 7. The number of hydrogen-bond acceptors (Lipinski definition) is 4. The van der Waals surface area contributed by atoms with E-state index in [1.807, 2.05) is 13.0 Å². The van der Waals surface area contributed by atoms with Gasteiger partial charge in [-0.1, -0.05) is 73.8 Å². The molecule has 0 spiro atoms. The Bertz CT molecular complexity index is 1960. The Kier molecular flexibility index (Phi) is 11.9. The number of halogens is 8. The Morgan fingerprint density at radius 2 is 1.10 bits per heavy atom. The molecule has 4 aromatic carbocycles. The lowest BCUT2D eigenvalue weighted by Crippen LogP contribution is -2.23. The van der Waals surface area contributed by atoms with E-state index in [0.29, 0.717) is 51.0 Å². The van der Waals surface area contributed by atoms with Crippen LogP contribution in [0, 0.1) is 12.3 Å². The lowest BCUT2D eigenvalue weighted by molar-refractivity contribution is -0.275. The molecule has 6 rings (SSSR count). The molecule has 2 aliphatic rings. The molecule has 51 heavy (non-hydrogen) atoms. The molecule has 2 aliphatic heterocycles. The van der Waals surface area contributed by atoms with Crippen LogP contribution in [0.2, 0.25) is 10.0 Å². The summed E-state index contributed by atoms with van der Waals surface area (Å²) in [7, 11) is 0. The van der Waals surface area contributed by atoms with Crippen molar-refractivity contribution in [2.45, 2.75) is 59.7 Å². The fourth-order valence-corrected chi connectivity index (χ4v) is 6.23. The predicted octanol–water partition coefficient (Wildman–Crippen LogP) is 9.97. The summed E-state index contributed by atoms with van der Waals surface area (Å²) in [5, 5.41) is 0.739. The van der Waals surface area contributed by atoms with Crippen molar-refractivity contribution < 1.29 is 45.4 Å². The summed E-state index contributed by atoms with van der Waals surface area (Å²) in [5.41, 5.74) is 5.58. The molecule has 0 fully saturated rings. The normalized spacial score (nSPS) is 13.5. The van der Waals surface area contributed by atoms with Crippen LogP contribution in [-0.4, -0.2) is 34.3 Å². The highest BCUT2D eigenvalue weighted by molar-refractivity contribution is 6.34. The summed E-state index contributed by atoms with van der Waals surface area (Å²) >= 11 is 12.4. The number of nitrogens with zero attached hydrogens (tertiary/aromatic N) is 2. The Balaban J connectivity index is 0.000000224. The van der Waals surface area contributed by atoms with E-state index in [0.717, 1.165) is 23.1 Å². The molecule has 0 unspecified atom stereocenters. The molecule has 0 radical (unpaired) electrons. The molecular formula is C37H30Cl2F6N2O4. The van der Waals surface area contributed by atoms with Gasteiger partial charge in [-0.3, -0.25) is 9.59 Å². The van der Waals surface area contributed by atoms with E-state index >= 15 is 0 Å². The van der Waals surface area contributed by atoms with E-state index in [-0.39, 0.29) is 43.8 Å². The number of alkyl halides is 6. The standard InChI is InChI=1S/C18H15ClF3NO2.C18H11ClF3NO2.CH4/c2*1-2-11-7-13-10-23(17(24)16(13)15(19)8-11)9-12-3-5-14(6-4-12)25-18(20,21)22;/h3-8H,2,9-10H2,1H3;1,3-8H,9-10H2;1H4. The Labute approximate surface area is 300 Å². The number of aryl methyl sites for hydroxylation is 1. The first-order valence-corrected chi connectivity index (χ1v) is 15.7. The fourth-order valence-electron chi connectivity index (χ4n) is 5.57. The first-order valence-electron chi connectivity index (χ1n) is 14.9. The van der Waals surface area contributed by atoms with Gasteiger partial charge in [-0.25, -0.2) is 0 Å². The molecule has 0 aromatic heterocycles. The van der Waals surface area contributed by atoms with E-state index in [9.17, 15) is 35.9 Å². The van der Waals surface area contributed by atoms with Crippen molar-refractivity contribution in [3.05, 3.63) is 127 Å². The average molecular weight is 752 g/mol. The van der Waals surface area contributed by atoms with E-state index in [4.69, 9.17) is 29.6 Å². The first-order chi connectivity index (χ1) is 23.5. The van der Waals surface area contributed by atoms with Crippen LogP contribution >= 0.6 is 23.2 Å². The second kappa shape index (κ2) is 15.6. The number of benzene rings is 4. The van der Waals surface area contributed by atoms with Crippen molar-refractivity contribution in [1.29, 1.82) is 0 Å². The van der Waals surface area contributed by atoms with Crippen LogP contribution < -0.4 is 9.47 Å². The molecule has 0 saturated carbocycles. The molecule has 268 valence electrons. The van der Waals surface area contributed by atoms with Crippen molar-refractivity contribution in [1.82, 2.24) is 9.80 Å². The van der Waals surface area contributed by atoms with Crippen LogP contribution in [0.4, 0.5) is 26.3 Å². The molecular weight excluding hydrogens is 721 g/mol. The van der Waals surface area contributed by atoms with Crippen molar-refractivity contribution >= 4 is 35.0 Å². The highest BCUT2D eigenvalue weighted by Gasteiger charge is 2.33. The van der Waals surface area contributed by atoms with Crippen LogP contribution in [0.5, 0.6) is 11.5 Å². The largest absolute Gasteiger partial charge is 0.573 e. The van der Waals surface area contributed by atoms with Gasteiger partial charge >= 0.3 is 12.7 Å². The molecule has 0 bridgehead atoms. The molecule has 14 heteroatoms. The van der Waals surface area contributed by atoms with Gasteiger partial charge < -0.3 is 19.3 Å². The van der Waals surface area contributed by atoms with Gasteiger partial charge in [-0.2, -0.15) is 0 Å². The monoisotopic (exact) mass is 750 g/mol. The van der Waals surface area contributed by atoms with Gasteiger partial charge in [0.2, 0.25) is 0 Å². The number of terminal acetylenes is 1. The van der Waals surface area contributed by atoms with E-state index < -0.39 is 12.7 Å². The maximum absolute atomic E-state index is 12.5. The predicted molar refractivity (Wildman–Crippen MR) is 180 cm³/mol. The molecule has 6 nitrogen and oxygen atoms in total.